The Kier molecular flexibility index (Phi) is 5.41. The van der Waals surface area contributed by atoms with Gasteiger partial charge in [0.05, 0.1) is 26.3 Å². The summed E-state index contributed by atoms with van der Waals surface area (Å²) < 4.78 is 0. The van der Waals surface area contributed by atoms with Gasteiger partial charge in [0.25, 0.3) is 5.91 Å². The van der Waals surface area contributed by atoms with Crippen LogP contribution >= 0.6 is 46.1 Å². The summed E-state index contributed by atoms with van der Waals surface area (Å²) >= 11 is 19.8. The first-order valence-electron chi connectivity index (χ1n) is 8.22. The molecule has 0 radical (unpaired) electrons. The normalized spacial score (nSPS) is 17.3. The highest BCUT2D eigenvalue weighted by Crippen LogP contribution is 2.41. The second-order valence-corrected chi connectivity index (χ2v) is 9.74. The molecular weight excluding hydrogens is 397 g/mol. The third-order valence-electron chi connectivity index (χ3n) is 4.88. The third kappa shape index (κ3) is 4.00. The van der Waals surface area contributed by atoms with Crippen LogP contribution in [0.1, 0.15) is 48.0 Å². The van der Waals surface area contributed by atoms with Crippen molar-refractivity contribution >= 4 is 57.7 Å². The van der Waals surface area contributed by atoms with Crippen LogP contribution in [0.25, 0.3) is 0 Å². The van der Waals surface area contributed by atoms with Crippen molar-refractivity contribution < 1.29 is 4.79 Å². The molecule has 0 bridgehead atoms. The summed E-state index contributed by atoms with van der Waals surface area (Å²) in [6, 6.07) is 3.12. The summed E-state index contributed by atoms with van der Waals surface area (Å²) in [7, 11) is 0. The number of benzene rings is 1. The molecule has 1 unspecified atom stereocenters. The second kappa shape index (κ2) is 7.11. The van der Waals surface area contributed by atoms with Gasteiger partial charge in [-0.3, -0.25) is 4.79 Å². The largest absolute Gasteiger partial charge is 0.321 e. The summed E-state index contributed by atoms with van der Waals surface area (Å²) in [5.74, 6) is 0.506. The number of nitrogens with one attached hydrogen (secondary N) is 1. The zero-order valence-electron chi connectivity index (χ0n) is 14.4. The van der Waals surface area contributed by atoms with Gasteiger partial charge in [0.2, 0.25) is 0 Å². The second-order valence-electron chi connectivity index (χ2n) is 7.56. The van der Waals surface area contributed by atoms with Gasteiger partial charge in [0, 0.05) is 10.3 Å². The molecular formula is C19H20Cl3NOS. The molecule has 1 amide bonds. The van der Waals surface area contributed by atoms with E-state index in [0.29, 0.717) is 26.7 Å². The number of thiophene rings is 1. The van der Waals surface area contributed by atoms with Gasteiger partial charge in [-0.2, -0.15) is 0 Å². The Balaban J connectivity index is 1.82. The molecule has 1 aromatic carbocycles. The summed E-state index contributed by atoms with van der Waals surface area (Å²) in [5, 5.41) is 5.92. The van der Waals surface area contributed by atoms with Gasteiger partial charge in [0.1, 0.15) is 0 Å². The summed E-state index contributed by atoms with van der Waals surface area (Å²) in [5.41, 5.74) is 2.69. The number of carbonyl (C=O) groups is 1. The summed E-state index contributed by atoms with van der Waals surface area (Å²) in [4.78, 5) is 14.1. The Morgan fingerprint density at radius 2 is 1.84 bits per heavy atom. The van der Waals surface area contributed by atoms with E-state index < -0.39 is 0 Å². The van der Waals surface area contributed by atoms with Gasteiger partial charge in [-0.15, -0.1) is 11.3 Å². The minimum absolute atomic E-state index is 0.146. The summed E-state index contributed by atoms with van der Waals surface area (Å²) in [6.45, 7) is 6.86. The fraction of sp³-hybridized carbons (Fsp3) is 0.421. The summed E-state index contributed by atoms with van der Waals surface area (Å²) in [6.07, 6.45) is 3.10. The maximum absolute atomic E-state index is 12.7. The van der Waals surface area contributed by atoms with Crippen LogP contribution in [0.15, 0.2) is 17.5 Å². The van der Waals surface area contributed by atoms with Gasteiger partial charge in [-0.25, -0.2) is 0 Å². The van der Waals surface area contributed by atoms with Crippen LogP contribution in [0.4, 0.5) is 5.69 Å². The topological polar surface area (TPSA) is 29.1 Å². The van der Waals surface area contributed by atoms with Crippen LogP contribution in [0.2, 0.25) is 15.1 Å². The number of fused-ring (bicyclic) bond motifs is 1. The predicted molar refractivity (Wildman–Crippen MR) is 109 cm³/mol. The number of halogens is 3. The number of hydrogen-bond acceptors (Lipinski definition) is 2. The first kappa shape index (κ1) is 19.0. The number of carbonyl (C=O) groups excluding carboxylic acids is 1. The van der Waals surface area contributed by atoms with Crippen molar-refractivity contribution in [3.63, 3.8) is 0 Å². The van der Waals surface area contributed by atoms with E-state index in [1.54, 1.807) is 17.4 Å². The van der Waals surface area contributed by atoms with Gasteiger partial charge in [-0.05, 0) is 48.3 Å². The average Bonchev–Trinajstić information content (AvgIpc) is 2.95. The number of anilines is 1. The maximum atomic E-state index is 12.7. The van der Waals surface area contributed by atoms with Crippen LogP contribution in [-0.4, -0.2) is 5.91 Å². The number of hydrogen-bond donors (Lipinski definition) is 1. The molecule has 1 heterocycles. The van der Waals surface area contributed by atoms with Crippen LogP contribution < -0.4 is 5.32 Å². The molecule has 6 heteroatoms. The van der Waals surface area contributed by atoms with Gasteiger partial charge < -0.3 is 5.32 Å². The van der Waals surface area contributed by atoms with Gasteiger partial charge >= 0.3 is 0 Å². The lowest BCUT2D eigenvalue weighted by atomic mass is 9.72. The van der Waals surface area contributed by atoms with E-state index >= 15 is 0 Å². The highest BCUT2D eigenvalue weighted by molar-refractivity contribution is 7.10. The molecule has 1 atom stereocenters. The lowest BCUT2D eigenvalue weighted by Crippen LogP contribution is -2.27. The minimum Gasteiger partial charge on any atom is -0.321 e. The average molecular weight is 417 g/mol. The smallest absolute Gasteiger partial charge is 0.256 e. The molecule has 0 spiro atoms. The Morgan fingerprint density at radius 3 is 2.52 bits per heavy atom. The molecule has 0 saturated carbocycles. The number of rotatable bonds is 2. The van der Waals surface area contributed by atoms with E-state index in [-0.39, 0.29) is 11.3 Å². The molecule has 0 aliphatic heterocycles. The van der Waals surface area contributed by atoms with Crippen molar-refractivity contribution in [2.24, 2.45) is 11.3 Å². The van der Waals surface area contributed by atoms with E-state index in [0.717, 1.165) is 24.8 Å². The fourth-order valence-corrected chi connectivity index (χ4v) is 5.01. The third-order valence-corrected chi connectivity index (χ3v) is 6.97. The molecule has 2 aromatic rings. The van der Waals surface area contributed by atoms with Crippen molar-refractivity contribution in [2.75, 3.05) is 5.32 Å². The fourth-order valence-electron chi connectivity index (χ4n) is 3.25. The zero-order valence-corrected chi connectivity index (χ0v) is 17.5. The van der Waals surface area contributed by atoms with Crippen LogP contribution in [0, 0.1) is 11.3 Å². The first-order chi connectivity index (χ1) is 11.7. The lowest BCUT2D eigenvalue weighted by molar-refractivity contribution is 0.102. The van der Waals surface area contributed by atoms with E-state index in [1.807, 2.05) is 5.38 Å². The van der Waals surface area contributed by atoms with Crippen molar-refractivity contribution in [2.45, 2.75) is 40.0 Å². The molecule has 1 aliphatic carbocycles. The van der Waals surface area contributed by atoms with Crippen LogP contribution in [0.3, 0.4) is 0 Å². The lowest BCUT2D eigenvalue weighted by Gasteiger charge is -2.34. The Bertz CT molecular complexity index is 823. The Labute approximate surface area is 167 Å². The van der Waals surface area contributed by atoms with E-state index in [4.69, 9.17) is 34.8 Å². The van der Waals surface area contributed by atoms with Crippen LogP contribution in [0.5, 0.6) is 0 Å². The van der Waals surface area contributed by atoms with E-state index in [1.165, 1.54) is 16.5 Å². The van der Waals surface area contributed by atoms with Crippen molar-refractivity contribution in [3.05, 3.63) is 48.6 Å². The monoisotopic (exact) mass is 415 g/mol. The predicted octanol–water partition coefficient (Wildman–Crippen LogP) is 7.11. The molecule has 0 fully saturated rings. The minimum atomic E-state index is -0.146. The maximum Gasteiger partial charge on any atom is 0.256 e. The molecule has 3 rings (SSSR count). The molecule has 1 aliphatic rings. The quantitative estimate of drug-likeness (QED) is 0.519. The van der Waals surface area contributed by atoms with Crippen molar-refractivity contribution in [1.29, 1.82) is 0 Å². The molecule has 25 heavy (non-hydrogen) atoms. The van der Waals surface area contributed by atoms with E-state index in [9.17, 15) is 4.79 Å². The molecule has 134 valence electrons. The molecule has 1 N–H and O–H groups in total. The van der Waals surface area contributed by atoms with Crippen LogP contribution in [-0.2, 0) is 12.8 Å². The highest BCUT2D eigenvalue weighted by Gasteiger charge is 2.31. The van der Waals surface area contributed by atoms with Crippen molar-refractivity contribution in [1.82, 2.24) is 0 Å². The highest BCUT2D eigenvalue weighted by atomic mass is 35.5. The molecule has 1 aromatic heterocycles. The standard InChI is InChI=1S/C19H20Cl3NOS/c1-19(2,3)10-4-5-11-12(9-25-17(11)6-10)18(24)23-16-8-14(21)13(20)7-15(16)22/h7-10H,4-6H2,1-3H3,(H,23,24). The molecule has 0 saturated heterocycles. The van der Waals surface area contributed by atoms with E-state index in [2.05, 4.69) is 26.1 Å². The zero-order chi connectivity index (χ0) is 18.4. The molecule has 2 nitrogen and oxygen atoms in total. The SMILES string of the molecule is CC(C)(C)C1CCc2c(C(=O)Nc3cc(Cl)c(Cl)cc3Cl)csc2C1. The van der Waals surface area contributed by atoms with Crippen molar-refractivity contribution in [3.8, 4) is 0 Å². The van der Waals surface area contributed by atoms with Gasteiger partial charge in [0.15, 0.2) is 0 Å². The Hall–Kier alpha value is -0.740. The van der Waals surface area contributed by atoms with Gasteiger partial charge in [-0.1, -0.05) is 55.6 Å². The first-order valence-corrected chi connectivity index (χ1v) is 10.2. The Morgan fingerprint density at radius 1 is 1.16 bits per heavy atom. The number of amides is 1.